The number of ether oxygens (including phenoxy) is 2. The standard InChI is InChI=1S/C34H57N5O4/c1-24(28-20-26-11-8-12-27(19-26)21-28)36-31(40)30-22-35-39(32(30)42-23-25-9-6-5-7-10-25)18-17-38-15-13-29(14-16-38)37-33(41)43-34(2,3)4/h22,24-29H,5-21,23H2,1-4H3,(H,36,40)(H,37,41). The first-order valence-corrected chi connectivity index (χ1v) is 17.3. The van der Waals surface area contributed by atoms with Crippen molar-refractivity contribution in [2.75, 3.05) is 26.2 Å². The van der Waals surface area contributed by atoms with Gasteiger partial charge in [0.05, 0.1) is 19.3 Å². The molecule has 2 heterocycles. The highest BCUT2D eigenvalue weighted by molar-refractivity contribution is 5.96. The van der Waals surface area contributed by atoms with Crippen LogP contribution in [0.25, 0.3) is 0 Å². The number of likely N-dealkylation sites (tertiary alicyclic amines) is 1. The molecule has 2 N–H and O–H groups in total. The van der Waals surface area contributed by atoms with E-state index >= 15 is 0 Å². The van der Waals surface area contributed by atoms with Crippen molar-refractivity contribution in [3.05, 3.63) is 11.8 Å². The smallest absolute Gasteiger partial charge is 0.407 e. The number of nitrogens with zero attached hydrogens (tertiary/aromatic N) is 3. The predicted octanol–water partition coefficient (Wildman–Crippen LogP) is 6.17. The summed E-state index contributed by atoms with van der Waals surface area (Å²) in [5.74, 6) is 3.35. The fourth-order valence-electron chi connectivity index (χ4n) is 8.00. The summed E-state index contributed by atoms with van der Waals surface area (Å²) in [7, 11) is 0. The van der Waals surface area contributed by atoms with Crippen LogP contribution in [0.2, 0.25) is 0 Å². The van der Waals surface area contributed by atoms with Gasteiger partial charge in [-0.05, 0) is 96.3 Å². The Hall–Kier alpha value is -2.29. The molecule has 3 unspecified atom stereocenters. The summed E-state index contributed by atoms with van der Waals surface area (Å²) in [6.07, 6.45) is 17.4. The fraction of sp³-hybridized carbons (Fsp3) is 0.853. The van der Waals surface area contributed by atoms with Gasteiger partial charge in [0, 0.05) is 31.7 Å². The van der Waals surface area contributed by atoms with Gasteiger partial charge in [0.25, 0.3) is 5.91 Å². The molecular formula is C34H57N5O4. The lowest BCUT2D eigenvalue weighted by Crippen LogP contribution is -2.46. The summed E-state index contributed by atoms with van der Waals surface area (Å²) in [5.41, 5.74) is 0.0765. The van der Waals surface area contributed by atoms with Crippen LogP contribution in [0.1, 0.15) is 122 Å². The molecule has 4 fully saturated rings. The minimum absolute atomic E-state index is 0.0536. The van der Waals surface area contributed by atoms with Gasteiger partial charge in [-0.1, -0.05) is 38.5 Å². The van der Waals surface area contributed by atoms with Crippen LogP contribution in [0, 0.1) is 23.7 Å². The molecule has 9 nitrogen and oxygen atoms in total. The average molecular weight is 600 g/mol. The molecule has 242 valence electrons. The second-order valence-electron chi connectivity index (χ2n) is 15.1. The SMILES string of the molecule is CC(NC(=O)c1cnn(CCN2CCC(NC(=O)OC(C)(C)C)CC2)c1OCC1CCCCC1)C1CC2CCCC(C2)C1. The molecule has 2 amide bonds. The second-order valence-corrected chi connectivity index (χ2v) is 15.1. The summed E-state index contributed by atoms with van der Waals surface area (Å²) >= 11 is 0. The summed E-state index contributed by atoms with van der Waals surface area (Å²) in [6.45, 7) is 11.8. The average Bonchev–Trinajstić information content (AvgIpc) is 3.38. The van der Waals surface area contributed by atoms with Crippen LogP contribution in [0.4, 0.5) is 4.79 Å². The molecule has 1 aromatic heterocycles. The number of carbonyl (C=O) groups is 2. The van der Waals surface area contributed by atoms with Crippen molar-refractivity contribution in [2.24, 2.45) is 23.7 Å². The van der Waals surface area contributed by atoms with Crippen molar-refractivity contribution in [1.82, 2.24) is 25.3 Å². The molecule has 0 spiro atoms. The zero-order valence-corrected chi connectivity index (χ0v) is 27.2. The highest BCUT2D eigenvalue weighted by atomic mass is 16.6. The van der Waals surface area contributed by atoms with Crippen LogP contribution < -0.4 is 15.4 Å². The fourth-order valence-corrected chi connectivity index (χ4v) is 8.00. The molecule has 1 aliphatic heterocycles. The summed E-state index contributed by atoms with van der Waals surface area (Å²) in [4.78, 5) is 28.2. The first-order valence-electron chi connectivity index (χ1n) is 17.3. The van der Waals surface area contributed by atoms with E-state index in [9.17, 15) is 9.59 Å². The number of amides is 2. The summed E-state index contributed by atoms with van der Waals surface area (Å²) in [5, 5.41) is 11.1. The van der Waals surface area contributed by atoms with Gasteiger partial charge in [0.2, 0.25) is 5.88 Å². The Kier molecular flexibility index (Phi) is 10.9. The third-order valence-corrected chi connectivity index (χ3v) is 10.4. The van der Waals surface area contributed by atoms with Crippen LogP contribution in [0.3, 0.4) is 0 Å². The van der Waals surface area contributed by atoms with Crippen molar-refractivity contribution in [3.63, 3.8) is 0 Å². The third kappa shape index (κ3) is 9.35. The van der Waals surface area contributed by atoms with E-state index in [4.69, 9.17) is 9.47 Å². The Labute approximate surface area is 259 Å². The molecule has 3 saturated carbocycles. The Morgan fingerprint density at radius 1 is 0.953 bits per heavy atom. The number of rotatable bonds is 10. The summed E-state index contributed by atoms with van der Waals surface area (Å²) in [6, 6.07) is 0.284. The molecule has 0 radical (unpaired) electrons. The third-order valence-electron chi connectivity index (χ3n) is 10.4. The van der Waals surface area contributed by atoms with E-state index in [2.05, 4.69) is 27.6 Å². The first kappa shape index (κ1) is 32.1. The van der Waals surface area contributed by atoms with Gasteiger partial charge in [-0.3, -0.25) is 4.79 Å². The monoisotopic (exact) mass is 599 g/mol. The van der Waals surface area contributed by atoms with E-state index < -0.39 is 5.60 Å². The molecule has 1 aromatic rings. The van der Waals surface area contributed by atoms with Gasteiger partial charge in [-0.15, -0.1) is 0 Å². The van der Waals surface area contributed by atoms with E-state index in [1.807, 2.05) is 25.5 Å². The number of hydrogen-bond donors (Lipinski definition) is 2. The first-order chi connectivity index (χ1) is 20.6. The number of hydrogen-bond acceptors (Lipinski definition) is 6. The number of piperidine rings is 1. The second kappa shape index (κ2) is 14.7. The van der Waals surface area contributed by atoms with Gasteiger partial charge < -0.3 is 25.0 Å². The molecule has 3 aliphatic carbocycles. The van der Waals surface area contributed by atoms with Gasteiger partial charge in [0.1, 0.15) is 11.2 Å². The maximum Gasteiger partial charge on any atom is 0.407 e. The Morgan fingerprint density at radius 2 is 1.65 bits per heavy atom. The van der Waals surface area contributed by atoms with Crippen LogP contribution in [-0.4, -0.2) is 70.6 Å². The number of nitrogens with one attached hydrogen (secondary N) is 2. The minimum atomic E-state index is -0.492. The maximum atomic E-state index is 13.6. The van der Waals surface area contributed by atoms with E-state index in [0.717, 1.165) is 44.3 Å². The number of carbonyl (C=O) groups excluding carboxylic acids is 2. The molecule has 1 saturated heterocycles. The molecule has 9 heteroatoms. The van der Waals surface area contributed by atoms with Crippen molar-refractivity contribution >= 4 is 12.0 Å². The van der Waals surface area contributed by atoms with Crippen molar-refractivity contribution in [1.29, 1.82) is 0 Å². The van der Waals surface area contributed by atoms with Crippen LogP contribution in [0.15, 0.2) is 6.20 Å². The Morgan fingerprint density at radius 3 is 2.33 bits per heavy atom. The van der Waals surface area contributed by atoms with Gasteiger partial charge in [-0.2, -0.15) is 5.10 Å². The number of aromatic nitrogens is 2. The highest BCUT2D eigenvalue weighted by Crippen LogP contribution is 2.43. The summed E-state index contributed by atoms with van der Waals surface area (Å²) < 4.78 is 13.8. The molecule has 2 bridgehead atoms. The number of alkyl carbamates (subject to hydrolysis) is 1. The van der Waals surface area contributed by atoms with Gasteiger partial charge in [-0.25, -0.2) is 9.48 Å². The topological polar surface area (TPSA) is 97.7 Å². The van der Waals surface area contributed by atoms with E-state index in [1.54, 1.807) is 6.20 Å². The molecule has 0 aromatic carbocycles. The van der Waals surface area contributed by atoms with Crippen LogP contribution in [-0.2, 0) is 11.3 Å². The lowest BCUT2D eigenvalue weighted by atomic mass is 9.66. The molecule has 5 rings (SSSR count). The predicted molar refractivity (Wildman–Crippen MR) is 168 cm³/mol. The van der Waals surface area contributed by atoms with Crippen molar-refractivity contribution in [2.45, 2.75) is 135 Å². The Balaban J connectivity index is 1.17. The van der Waals surface area contributed by atoms with Crippen molar-refractivity contribution in [3.8, 4) is 5.88 Å². The van der Waals surface area contributed by atoms with Crippen molar-refractivity contribution < 1.29 is 19.1 Å². The Bertz CT molecular complexity index is 1040. The highest BCUT2D eigenvalue weighted by Gasteiger charge is 2.35. The van der Waals surface area contributed by atoms with Crippen LogP contribution in [0.5, 0.6) is 5.88 Å². The lowest BCUT2D eigenvalue weighted by Gasteiger charge is -2.41. The molecular weight excluding hydrogens is 542 g/mol. The molecule has 43 heavy (non-hydrogen) atoms. The normalized spacial score (nSPS) is 26.5. The quantitative estimate of drug-likeness (QED) is 0.334. The minimum Gasteiger partial charge on any atom is -0.477 e. The molecule has 4 aliphatic rings. The zero-order chi connectivity index (χ0) is 30.4. The van der Waals surface area contributed by atoms with E-state index in [-0.39, 0.29) is 24.1 Å². The van der Waals surface area contributed by atoms with Gasteiger partial charge in [0.15, 0.2) is 0 Å². The lowest BCUT2D eigenvalue weighted by molar-refractivity contribution is 0.0477. The van der Waals surface area contributed by atoms with E-state index in [1.165, 1.54) is 70.6 Å². The number of fused-ring (bicyclic) bond motifs is 2. The van der Waals surface area contributed by atoms with E-state index in [0.29, 0.717) is 36.4 Å². The van der Waals surface area contributed by atoms with Crippen LogP contribution >= 0.6 is 0 Å². The van der Waals surface area contributed by atoms with Gasteiger partial charge >= 0.3 is 6.09 Å². The largest absolute Gasteiger partial charge is 0.477 e. The maximum absolute atomic E-state index is 13.6. The molecule has 3 atom stereocenters. The zero-order valence-electron chi connectivity index (χ0n) is 27.2.